The van der Waals surface area contributed by atoms with Gasteiger partial charge < -0.3 is 28.4 Å². The minimum atomic E-state index is -0.278. The summed E-state index contributed by atoms with van der Waals surface area (Å²) in [6, 6.07) is 6.89. The number of methoxy groups -OCH3 is 3. The van der Waals surface area contributed by atoms with Gasteiger partial charge in [0.25, 0.3) is 0 Å². The van der Waals surface area contributed by atoms with Gasteiger partial charge >= 0.3 is 0 Å². The van der Waals surface area contributed by atoms with E-state index in [0.717, 1.165) is 0 Å². The first-order valence-corrected chi connectivity index (χ1v) is 10.7. The maximum atomic E-state index is 13.4. The maximum absolute atomic E-state index is 13.4. The number of hydrogen-bond donors (Lipinski definition) is 0. The Bertz CT molecular complexity index is 821. The molecule has 165 valence electrons. The van der Waals surface area contributed by atoms with Crippen LogP contribution in [0.4, 0.5) is 0 Å². The molecule has 0 saturated carbocycles. The summed E-state index contributed by atoms with van der Waals surface area (Å²) in [7, 11) is 4.27. The molecule has 1 atom stereocenters. The van der Waals surface area contributed by atoms with E-state index < -0.39 is 0 Å². The van der Waals surface area contributed by atoms with Gasteiger partial charge in [0, 0.05) is 43.1 Å². The van der Waals surface area contributed by atoms with Crippen LogP contribution < -0.4 is 33.7 Å². The molecule has 0 spiro atoms. The molecule has 0 bridgehead atoms. The Kier molecular flexibility index (Phi) is 11.6. The van der Waals surface area contributed by atoms with Crippen LogP contribution in [-0.2, 0) is 0 Å². The fourth-order valence-corrected chi connectivity index (χ4v) is 4.02. The quantitative estimate of drug-likeness (QED) is 0.366. The van der Waals surface area contributed by atoms with Crippen molar-refractivity contribution in [2.75, 3.05) is 41.2 Å². The van der Waals surface area contributed by atoms with Gasteiger partial charge in [0.15, 0.2) is 5.52 Å². The third kappa shape index (κ3) is 6.71. The molecule has 2 aromatic rings. The van der Waals surface area contributed by atoms with Crippen LogP contribution in [-0.4, -0.2) is 65.5 Å². The Morgan fingerprint density at radius 2 is 1.16 bits per heavy atom. The number of carbonyl (C=O) groups excluding carboxylic acids is 1. The summed E-state index contributed by atoms with van der Waals surface area (Å²) < 4.78 is 33.4. The van der Waals surface area contributed by atoms with Gasteiger partial charge in [-0.05, 0) is 29.4 Å². The molecule has 2 aromatic carbocycles. The summed E-state index contributed by atoms with van der Waals surface area (Å²) >= 11 is 0. The van der Waals surface area contributed by atoms with Gasteiger partial charge in [-0.15, -0.1) is 0 Å². The summed E-state index contributed by atoms with van der Waals surface area (Å²) in [5, 5.41) is 0.673. The van der Waals surface area contributed by atoms with Gasteiger partial charge in [-0.1, -0.05) is 0 Å². The van der Waals surface area contributed by atoms with E-state index in [1.807, 2.05) is 20.8 Å². The Balaban J connectivity index is 0.00000480. The van der Waals surface area contributed by atoms with Crippen molar-refractivity contribution >= 4 is 38.3 Å². The molecular weight excluding hydrogens is 414 g/mol. The number of carbonyl (C=O) groups is 1. The van der Waals surface area contributed by atoms with E-state index in [1.54, 1.807) is 31.4 Å². The second-order valence-corrected chi connectivity index (χ2v) is 7.16. The Morgan fingerprint density at radius 3 is 1.55 bits per heavy atom. The number of ether oxygens (including phenoxy) is 6. The predicted molar refractivity (Wildman–Crippen MR) is 124 cm³/mol. The van der Waals surface area contributed by atoms with E-state index in [1.165, 1.54) is 14.2 Å². The average molecular weight is 443 g/mol. The van der Waals surface area contributed by atoms with E-state index >= 15 is 0 Å². The third-order valence-corrected chi connectivity index (χ3v) is 5.35. The molecule has 7 nitrogen and oxygen atoms in total. The number of hydrogen-bond acceptors (Lipinski definition) is 7. The standard InChI is InChI=1S/C22H29O7P.Li/c1-7-27-15-12-18(28-8-2)21(19(13-15)29-9-3)30-22(23)20-16(25-5)10-14(24-4)11-17(20)26-6;/h10-13,30H,7-9H2,1-6H3;. The van der Waals surface area contributed by atoms with Gasteiger partial charge in [-0.2, -0.15) is 0 Å². The van der Waals surface area contributed by atoms with Gasteiger partial charge in [0.05, 0.1) is 46.5 Å². The first kappa shape index (κ1) is 27.0. The second-order valence-electron chi connectivity index (χ2n) is 5.95. The van der Waals surface area contributed by atoms with Crippen LogP contribution >= 0.6 is 8.58 Å². The van der Waals surface area contributed by atoms with Crippen LogP contribution in [0.2, 0.25) is 0 Å². The van der Waals surface area contributed by atoms with E-state index in [4.69, 9.17) is 28.4 Å². The summed E-state index contributed by atoms with van der Waals surface area (Å²) in [5.74, 6) is 3.05. The molecule has 0 aliphatic carbocycles. The average Bonchev–Trinajstić information content (AvgIpc) is 2.75. The van der Waals surface area contributed by atoms with Crippen molar-refractivity contribution < 1.29 is 33.2 Å². The minimum Gasteiger partial charge on any atom is -0.496 e. The largest absolute Gasteiger partial charge is 0.496 e. The zero-order valence-electron chi connectivity index (χ0n) is 19.3. The smallest absolute Gasteiger partial charge is 0.193 e. The van der Waals surface area contributed by atoms with Crippen molar-refractivity contribution in [3.63, 3.8) is 0 Å². The maximum Gasteiger partial charge on any atom is 0.193 e. The van der Waals surface area contributed by atoms with E-state index in [-0.39, 0.29) is 33.0 Å². The fourth-order valence-electron chi connectivity index (χ4n) is 2.88. The summed E-state index contributed by atoms with van der Waals surface area (Å²) in [5.41, 5.74) is 0.176. The third-order valence-electron chi connectivity index (χ3n) is 4.13. The topological polar surface area (TPSA) is 72.5 Å². The minimum absolute atomic E-state index is 0. The van der Waals surface area contributed by atoms with Crippen molar-refractivity contribution in [3.8, 4) is 34.5 Å². The molecule has 0 amide bonds. The van der Waals surface area contributed by atoms with E-state index in [9.17, 15) is 4.79 Å². The second kappa shape index (κ2) is 13.4. The fraction of sp³-hybridized carbons (Fsp3) is 0.409. The molecule has 2 rings (SSSR count). The molecule has 1 unspecified atom stereocenters. The zero-order chi connectivity index (χ0) is 22.1. The molecule has 0 saturated heterocycles. The van der Waals surface area contributed by atoms with Gasteiger partial charge in [0.2, 0.25) is 0 Å². The molecule has 31 heavy (non-hydrogen) atoms. The first-order valence-electron chi connectivity index (χ1n) is 9.70. The molecule has 0 fully saturated rings. The van der Waals surface area contributed by atoms with Crippen LogP contribution in [0.25, 0.3) is 0 Å². The molecule has 9 heteroatoms. The predicted octanol–water partition coefficient (Wildman–Crippen LogP) is 3.67. The van der Waals surface area contributed by atoms with Crippen LogP contribution in [0.1, 0.15) is 31.1 Å². The molecule has 1 radical (unpaired) electrons. The van der Waals surface area contributed by atoms with Crippen molar-refractivity contribution in [2.24, 2.45) is 0 Å². The molecule has 0 N–H and O–H groups in total. The van der Waals surface area contributed by atoms with Crippen molar-refractivity contribution in [2.45, 2.75) is 20.8 Å². The Hall–Kier alpha value is -2.06. The molecule has 0 aliphatic heterocycles. The number of rotatable bonds is 12. The molecule has 0 heterocycles. The van der Waals surface area contributed by atoms with Crippen LogP contribution in [0.15, 0.2) is 24.3 Å². The van der Waals surface area contributed by atoms with E-state index in [2.05, 4.69) is 0 Å². The van der Waals surface area contributed by atoms with Gasteiger partial charge in [-0.25, -0.2) is 0 Å². The Morgan fingerprint density at radius 1 is 0.710 bits per heavy atom. The normalized spacial score (nSPS) is 10.4. The first-order chi connectivity index (χ1) is 14.5. The molecule has 0 aliphatic rings. The van der Waals surface area contributed by atoms with Crippen LogP contribution in [0.5, 0.6) is 34.5 Å². The summed E-state index contributed by atoms with van der Waals surface area (Å²) in [6.07, 6.45) is 0. The van der Waals surface area contributed by atoms with E-state index in [0.29, 0.717) is 65.2 Å². The van der Waals surface area contributed by atoms with Crippen molar-refractivity contribution in [3.05, 3.63) is 29.8 Å². The van der Waals surface area contributed by atoms with Crippen molar-refractivity contribution in [1.82, 2.24) is 0 Å². The van der Waals surface area contributed by atoms with Gasteiger partial charge in [-0.3, -0.25) is 4.79 Å². The number of benzene rings is 2. The van der Waals surface area contributed by atoms with Crippen molar-refractivity contribution in [1.29, 1.82) is 0 Å². The Labute approximate surface area is 197 Å². The van der Waals surface area contributed by atoms with Crippen LogP contribution in [0.3, 0.4) is 0 Å². The molecule has 0 aromatic heterocycles. The zero-order valence-corrected chi connectivity index (χ0v) is 20.3. The summed E-state index contributed by atoms with van der Waals surface area (Å²) in [6.45, 7) is 7.08. The summed E-state index contributed by atoms with van der Waals surface area (Å²) in [4.78, 5) is 13.4. The van der Waals surface area contributed by atoms with Gasteiger partial charge in [0.1, 0.15) is 40.1 Å². The monoisotopic (exact) mass is 443 g/mol. The molecular formula is C22H29LiO7P. The SMILES string of the molecule is CCOc1cc(OCC)c(PC(=O)c2c(OC)cc(OC)cc2OC)c(OCC)c1.[Li]. The van der Waals surface area contributed by atoms with Crippen LogP contribution in [0, 0.1) is 0 Å².